The van der Waals surface area contributed by atoms with Gasteiger partial charge in [-0.25, -0.2) is 4.39 Å². The first-order chi connectivity index (χ1) is 7.25. The number of anilines is 1. The minimum absolute atomic E-state index is 0.261. The second-order valence-corrected chi connectivity index (χ2v) is 3.82. The fourth-order valence-corrected chi connectivity index (χ4v) is 1.57. The van der Waals surface area contributed by atoms with Crippen molar-refractivity contribution >= 4 is 21.6 Å². The highest BCUT2D eigenvalue weighted by atomic mass is 79.9. The standard InChI is InChI=1S/C11H9BrFNO/c12-11-6-5-8(15-11)7-14-10-4-2-1-3-9(10)13/h1-6,14H,7H2. The van der Waals surface area contributed by atoms with Crippen molar-refractivity contribution in [2.24, 2.45) is 0 Å². The fraction of sp³-hybridized carbons (Fsp3) is 0.0909. The van der Waals surface area contributed by atoms with Gasteiger partial charge >= 0.3 is 0 Å². The third-order valence-corrected chi connectivity index (χ3v) is 2.38. The molecule has 2 rings (SSSR count). The molecule has 0 saturated carbocycles. The van der Waals surface area contributed by atoms with Crippen LogP contribution in [0.4, 0.5) is 10.1 Å². The molecule has 1 aromatic heterocycles. The average Bonchev–Trinajstić information content (AvgIpc) is 2.63. The van der Waals surface area contributed by atoms with Crippen LogP contribution in [0.25, 0.3) is 0 Å². The van der Waals surface area contributed by atoms with Gasteiger partial charge in [0.05, 0.1) is 12.2 Å². The van der Waals surface area contributed by atoms with Crippen molar-refractivity contribution in [2.45, 2.75) is 6.54 Å². The molecule has 0 saturated heterocycles. The SMILES string of the molecule is Fc1ccccc1NCc1ccc(Br)o1. The summed E-state index contributed by atoms with van der Waals surface area (Å²) in [5, 5.41) is 2.95. The predicted octanol–water partition coefficient (Wildman–Crippen LogP) is 3.79. The molecule has 0 atom stereocenters. The highest BCUT2D eigenvalue weighted by molar-refractivity contribution is 9.10. The molecule has 2 nitrogen and oxygen atoms in total. The zero-order valence-corrected chi connectivity index (χ0v) is 9.42. The molecule has 0 aliphatic rings. The van der Waals surface area contributed by atoms with Crippen LogP contribution in [0.5, 0.6) is 0 Å². The number of hydrogen-bond acceptors (Lipinski definition) is 2. The van der Waals surface area contributed by atoms with Crippen molar-refractivity contribution in [1.29, 1.82) is 0 Å². The molecule has 78 valence electrons. The highest BCUT2D eigenvalue weighted by Gasteiger charge is 2.02. The molecule has 0 bridgehead atoms. The van der Waals surface area contributed by atoms with Crippen LogP contribution in [0.1, 0.15) is 5.76 Å². The molecule has 0 radical (unpaired) electrons. The molecule has 2 aromatic rings. The molecule has 0 amide bonds. The van der Waals surface area contributed by atoms with E-state index in [2.05, 4.69) is 21.2 Å². The Morgan fingerprint density at radius 3 is 2.67 bits per heavy atom. The number of rotatable bonds is 3. The van der Waals surface area contributed by atoms with Gasteiger partial charge in [-0.15, -0.1) is 0 Å². The van der Waals surface area contributed by atoms with E-state index in [1.165, 1.54) is 6.07 Å². The third kappa shape index (κ3) is 2.59. The molecule has 0 unspecified atom stereocenters. The van der Waals surface area contributed by atoms with Gasteiger partial charge in [0.1, 0.15) is 11.6 Å². The Morgan fingerprint density at radius 1 is 1.20 bits per heavy atom. The van der Waals surface area contributed by atoms with Gasteiger partial charge in [0.2, 0.25) is 0 Å². The summed E-state index contributed by atoms with van der Waals surface area (Å²) in [5.74, 6) is 0.494. The molecular weight excluding hydrogens is 261 g/mol. The minimum atomic E-state index is -0.261. The van der Waals surface area contributed by atoms with Gasteiger partial charge in [0.25, 0.3) is 0 Å². The minimum Gasteiger partial charge on any atom is -0.452 e. The normalized spacial score (nSPS) is 10.3. The number of nitrogens with one attached hydrogen (secondary N) is 1. The molecule has 0 aliphatic carbocycles. The molecule has 4 heteroatoms. The first-order valence-corrected chi connectivity index (χ1v) is 5.27. The summed E-state index contributed by atoms with van der Waals surface area (Å²) in [4.78, 5) is 0. The van der Waals surface area contributed by atoms with Crippen molar-refractivity contribution in [3.8, 4) is 0 Å². The first-order valence-electron chi connectivity index (χ1n) is 4.48. The van der Waals surface area contributed by atoms with Crippen molar-refractivity contribution in [3.05, 3.63) is 52.6 Å². The van der Waals surface area contributed by atoms with Crippen LogP contribution in [0, 0.1) is 5.82 Å². The van der Waals surface area contributed by atoms with Crippen LogP contribution < -0.4 is 5.32 Å². The van der Waals surface area contributed by atoms with Crippen LogP contribution in [0.15, 0.2) is 45.5 Å². The van der Waals surface area contributed by atoms with Crippen molar-refractivity contribution < 1.29 is 8.81 Å². The van der Waals surface area contributed by atoms with Crippen LogP contribution in [-0.2, 0) is 6.54 Å². The molecule has 1 N–H and O–H groups in total. The Bertz CT molecular complexity index is 455. The molecule has 1 aromatic carbocycles. The van der Waals surface area contributed by atoms with E-state index in [4.69, 9.17) is 4.42 Å². The lowest BCUT2D eigenvalue weighted by molar-refractivity contribution is 0.495. The maximum atomic E-state index is 13.2. The highest BCUT2D eigenvalue weighted by Crippen LogP contribution is 2.17. The van der Waals surface area contributed by atoms with Crippen molar-refractivity contribution in [3.63, 3.8) is 0 Å². The largest absolute Gasteiger partial charge is 0.452 e. The first kappa shape index (κ1) is 10.2. The number of para-hydroxylation sites is 1. The summed E-state index contributed by atoms with van der Waals surface area (Å²) in [6, 6.07) is 10.2. The second kappa shape index (κ2) is 4.49. The molecule has 0 fully saturated rings. The third-order valence-electron chi connectivity index (χ3n) is 1.96. The van der Waals surface area contributed by atoms with Gasteiger partial charge in [-0.3, -0.25) is 0 Å². The smallest absolute Gasteiger partial charge is 0.169 e. The van der Waals surface area contributed by atoms with Gasteiger partial charge in [0.15, 0.2) is 4.67 Å². The van der Waals surface area contributed by atoms with Gasteiger partial charge in [0, 0.05) is 0 Å². The van der Waals surface area contributed by atoms with E-state index >= 15 is 0 Å². The van der Waals surface area contributed by atoms with E-state index in [-0.39, 0.29) is 5.82 Å². The summed E-state index contributed by atoms with van der Waals surface area (Å²) in [6.45, 7) is 0.465. The van der Waals surface area contributed by atoms with Crippen LogP contribution in [0.2, 0.25) is 0 Å². The zero-order valence-electron chi connectivity index (χ0n) is 7.84. The van der Waals surface area contributed by atoms with Crippen LogP contribution in [-0.4, -0.2) is 0 Å². The molecule has 0 spiro atoms. The summed E-state index contributed by atoms with van der Waals surface area (Å²) in [6.07, 6.45) is 0. The van der Waals surface area contributed by atoms with Crippen molar-refractivity contribution in [2.75, 3.05) is 5.32 Å². The van der Waals surface area contributed by atoms with Gasteiger partial charge in [-0.2, -0.15) is 0 Å². The van der Waals surface area contributed by atoms with E-state index in [0.717, 1.165) is 5.76 Å². The van der Waals surface area contributed by atoms with Gasteiger partial charge < -0.3 is 9.73 Å². The quantitative estimate of drug-likeness (QED) is 0.917. The number of hydrogen-bond donors (Lipinski definition) is 1. The van der Waals surface area contributed by atoms with E-state index in [0.29, 0.717) is 16.9 Å². The zero-order chi connectivity index (χ0) is 10.7. The maximum Gasteiger partial charge on any atom is 0.169 e. The topological polar surface area (TPSA) is 25.2 Å². The maximum absolute atomic E-state index is 13.2. The molecule has 15 heavy (non-hydrogen) atoms. The van der Waals surface area contributed by atoms with Crippen molar-refractivity contribution in [1.82, 2.24) is 0 Å². The molecular formula is C11H9BrFNO. The van der Waals surface area contributed by atoms with Crippen LogP contribution >= 0.6 is 15.9 Å². The Balaban J connectivity index is 2.02. The monoisotopic (exact) mass is 269 g/mol. The predicted molar refractivity (Wildman–Crippen MR) is 60.1 cm³/mol. The summed E-state index contributed by atoms with van der Waals surface area (Å²) in [5.41, 5.74) is 0.477. The summed E-state index contributed by atoms with van der Waals surface area (Å²) in [7, 11) is 0. The lowest BCUT2D eigenvalue weighted by atomic mass is 10.3. The summed E-state index contributed by atoms with van der Waals surface area (Å²) >= 11 is 3.20. The van der Waals surface area contributed by atoms with Gasteiger partial charge in [-0.05, 0) is 40.2 Å². The lowest BCUT2D eigenvalue weighted by Gasteiger charge is -2.04. The van der Waals surface area contributed by atoms with E-state index in [1.807, 2.05) is 6.07 Å². The fourth-order valence-electron chi connectivity index (χ4n) is 1.23. The van der Waals surface area contributed by atoms with E-state index in [1.54, 1.807) is 24.3 Å². The Labute approximate surface area is 95.2 Å². The summed E-state index contributed by atoms with van der Waals surface area (Å²) < 4.78 is 19.1. The number of halogens is 2. The van der Waals surface area contributed by atoms with Crippen LogP contribution in [0.3, 0.4) is 0 Å². The van der Waals surface area contributed by atoms with E-state index < -0.39 is 0 Å². The molecule has 1 heterocycles. The lowest BCUT2D eigenvalue weighted by Crippen LogP contribution is -1.99. The number of furan rings is 1. The Kier molecular flexibility index (Phi) is 3.06. The second-order valence-electron chi connectivity index (χ2n) is 3.04. The number of benzene rings is 1. The van der Waals surface area contributed by atoms with E-state index in [9.17, 15) is 4.39 Å². The molecule has 0 aliphatic heterocycles. The average molecular weight is 270 g/mol. The Hall–Kier alpha value is -1.29. The Morgan fingerprint density at radius 2 is 2.00 bits per heavy atom. The van der Waals surface area contributed by atoms with Gasteiger partial charge in [-0.1, -0.05) is 12.1 Å².